The van der Waals surface area contributed by atoms with Crippen LogP contribution in [0.4, 0.5) is 0 Å². The first-order valence-corrected chi connectivity index (χ1v) is 12.8. The van der Waals surface area contributed by atoms with E-state index in [0.717, 1.165) is 61.2 Å². The van der Waals surface area contributed by atoms with Gasteiger partial charge in [0.15, 0.2) is 0 Å². The molecule has 0 atom stereocenters. The van der Waals surface area contributed by atoms with Crippen molar-refractivity contribution in [2.24, 2.45) is 11.1 Å². The molecule has 2 aromatic heterocycles. The third-order valence-electron chi connectivity index (χ3n) is 6.28. The molecule has 3 aromatic rings. The van der Waals surface area contributed by atoms with Gasteiger partial charge in [-0.1, -0.05) is 19.1 Å². The molecule has 1 fully saturated rings. The Morgan fingerprint density at radius 3 is 2.52 bits per heavy atom. The smallest absolute Gasteiger partial charge is 0.253 e. The predicted octanol–water partition coefficient (Wildman–Crippen LogP) is 2.75. The van der Waals surface area contributed by atoms with Gasteiger partial charge in [-0.15, -0.1) is 0 Å². The predicted molar refractivity (Wildman–Crippen MR) is 126 cm³/mol. The summed E-state index contributed by atoms with van der Waals surface area (Å²) in [4.78, 5) is 13.4. The number of benzene rings is 1. The van der Waals surface area contributed by atoms with Crippen molar-refractivity contribution >= 4 is 21.4 Å². The summed E-state index contributed by atoms with van der Waals surface area (Å²) in [5, 5.41) is 12.9. The van der Waals surface area contributed by atoms with Gasteiger partial charge in [-0.05, 0) is 73.9 Å². The quantitative estimate of drug-likeness (QED) is 0.551. The molecular formula is C24H30N4O4S. The van der Waals surface area contributed by atoms with Crippen LogP contribution in [0.1, 0.15) is 52.6 Å². The Morgan fingerprint density at radius 2 is 1.88 bits per heavy atom. The number of sulfonamides is 1. The van der Waals surface area contributed by atoms with Gasteiger partial charge in [-0.3, -0.25) is 4.79 Å². The van der Waals surface area contributed by atoms with Gasteiger partial charge in [0, 0.05) is 25.5 Å². The molecule has 1 aromatic carbocycles. The number of nitrogens with two attached hydrogens (primary N) is 1. The number of carbonyl (C=O) groups is 1. The summed E-state index contributed by atoms with van der Waals surface area (Å²) < 4.78 is 30.4. The number of aromatic nitrogens is 2. The molecule has 1 aliphatic heterocycles. The maximum atomic E-state index is 13.3. The first-order chi connectivity index (χ1) is 15.8. The van der Waals surface area contributed by atoms with Crippen LogP contribution in [0.5, 0.6) is 0 Å². The molecule has 8 nitrogen and oxygen atoms in total. The lowest BCUT2D eigenvalue weighted by molar-refractivity contribution is 0.0665. The Hall–Kier alpha value is -2.75. The minimum atomic E-state index is -3.75. The van der Waals surface area contributed by atoms with Crippen molar-refractivity contribution in [3.63, 3.8) is 0 Å². The Balaban J connectivity index is 1.63. The van der Waals surface area contributed by atoms with Crippen molar-refractivity contribution in [3.8, 4) is 0 Å². The number of nitrogens with one attached hydrogen (secondary N) is 1. The highest BCUT2D eigenvalue weighted by atomic mass is 32.2. The maximum Gasteiger partial charge on any atom is 0.253 e. The van der Waals surface area contributed by atoms with Crippen LogP contribution in [-0.4, -0.2) is 37.2 Å². The van der Waals surface area contributed by atoms with E-state index < -0.39 is 10.0 Å². The average Bonchev–Trinajstić information content (AvgIpc) is 3.20. The minimum Gasteiger partial charge on any atom is -0.381 e. The lowest BCUT2D eigenvalue weighted by Gasteiger charge is -2.24. The molecule has 176 valence electrons. The van der Waals surface area contributed by atoms with Crippen molar-refractivity contribution in [3.05, 3.63) is 64.5 Å². The summed E-state index contributed by atoms with van der Waals surface area (Å²) in [7, 11) is -3.75. The van der Waals surface area contributed by atoms with Crippen LogP contribution >= 0.6 is 0 Å². The molecule has 9 heteroatoms. The molecule has 1 saturated heterocycles. The molecule has 33 heavy (non-hydrogen) atoms. The van der Waals surface area contributed by atoms with Crippen LogP contribution < -0.4 is 10.5 Å². The molecule has 3 heterocycles. The van der Waals surface area contributed by atoms with E-state index in [1.165, 1.54) is 12.1 Å². The largest absolute Gasteiger partial charge is 0.381 e. The number of fused-ring (bicyclic) bond motifs is 1. The molecule has 4 rings (SSSR count). The van der Waals surface area contributed by atoms with Gasteiger partial charge >= 0.3 is 0 Å². The van der Waals surface area contributed by atoms with Crippen molar-refractivity contribution in [2.75, 3.05) is 13.2 Å². The maximum absolute atomic E-state index is 13.3. The van der Waals surface area contributed by atoms with Crippen LogP contribution in [-0.2, 0) is 34.1 Å². The molecule has 0 bridgehead atoms. The van der Waals surface area contributed by atoms with Gasteiger partial charge in [-0.2, -0.15) is 5.10 Å². The normalized spacial score (nSPS) is 15.1. The Labute approximate surface area is 194 Å². The monoisotopic (exact) mass is 470 g/mol. The highest BCUT2D eigenvalue weighted by Gasteiger charge is 2.24. The second-order valence-corrected chi connectivity index (χ2v) is 10.1. The van der Waals surface area contributed by atoms with Crippen LogP contribution in [0.15, 0.2) is 41.3 Å². The number of carbonyl (C=O) groups excluding carboxylic acids is 1. The van der Waals surface area contributed by atoms with Crippen LogP contribution in [0.25, 0.3) is 5.52 Å². The standard InChI is InChI=1S/C24H30N4O4S/c1-3-19-6-9-22-21(14-17-10-12-32-13-11-17)23(16(2)27-28(19)22)24(29)26-15-18-4-7-20(8-5-18)33(25,30)31/h4-9,17H,3,10-15H2,1-2H3,(H,26,29)(H2,25,30,31). The SMILES string of the molecule is CCc1ccc2c(CC3CCOCC3)c(C(=O)NCc3ccc(S(N)(=O)=O)cc3)c(C)nn12. The van der Waals surface area contributed by atoms with Gasteiger partial charge in [0.25, 0.3) is 5.91 Å². The Kier molecular flexibility index (Phi) is 6.83. The first-order valence-electron chi connectivity index (χ1n) is 11.3. The zero-order valence-electron chi connectivity index (χ0n) is 19.0. The highest BCUT2D eigenvalue weighted by molar-refractivity contribution is 7.89. The molecule has 1 aliphatic rings. The van der Waals surface area contributed by atoms with E-state index in [2.05, 4.69) is 24.4 Å². The molecule has 0 saturated carbocycles. The molecule has 0 unspecified atom stereocenters. The van der Waals surface area contributed by atoms with E-state index in [1.807, 2.05) is 11.4 Å². The third kappa shape index (κ3) is 5.10. The van der Waals surface area contributed by atoms with Crippen molar-refractivity contribution in [2.45, 2.75) is 51.0 Å². The van der Waals surface area contributed by atoms with Gasteiger partial charge in [-0.25, -0.2) is 18.1 Å². The molecular weight excluding hydrogens is 440 g/mol. The zero-order chi connectivity index (χ0) is 23.6. The number of aryl methyl sites for hydroxylation is 2. The fraction of sp³-hybridized carbons (Fsp3) is 0.417. The third-order valence-corrected chi connectivity index (χ3v) is 7.21. The Bertz CT molecular complexity index is 1260. The van der Waals surface area contributed by atoms with Crippen molar-refractivity contribution in [1.29, 1.82) is 0 Å². The van der Waals surface area contributed by atoms with Gasteiger partial charge in [0.1, 0.15) is 0 Å². The fourth-order valence-corrected chi connectivity index (χ4v) is 4.96. The Morgan fingerprint density at radius 1 is 1.18 bits per heavy atom. The second-order valence-electron chi connectivity index (χ2n) is 8.55. The van der Waals surface area contributed by atoms with E-state index in [4.69, 9.17) is 15.0 Å². The number of rotatable bonds is 7. The van der Waals surface area contributed by atoms with Crippen LogP contribution in [0.3, 0.4) is 0 Å². The number of nitrogens with zero attached hydrogens (tertiary/aromatic N) is 2. The van der Waals surface area contributed by atoms with Gasteiger partial charge in [0.05, 0.1) is 21.7 Å². The lowest BCUT2D eigenvalue weighted by Crippen LogP contribution is -2.27. The van der Waals surface area contributed by atoms with E-state index in [0.29, 0.717) is 17.2 Å². The fourth-order valence-electron chi connectivity index (χ4n) is 4.45. The van der Waals surface area contributed by atoms with E-state index >= 15 is 0 Å². The minimum absolute atomic E-state index is 0.0433. The summed E-state index contributed by atoms with van der Waals surface area (Å²) in [6, 6.07) is 10.3. The summed E-state index contributed by atoms with van der Waals surface area (Å²) in [5.74, 6) is 0.279. The number of amides is 1. The number of ether oxygens (including phenoxy) is 1. The van der Waals surface area contributed by atoms with Gasteiger partial charge < -0.3 is 10.1 Å². The average molecular weight is 471 g/mol. The summed E-state index contributed by atoms with van der Waals surface area (Å²) in [6.07, 6.45) is 3.62. The second kappa shape index (κ2) is 9.62. The van der Waals surface area contributed by atoms with E-state index in [-0.39, 0.29) is 17.3 Å². The lowest BCUT2D eigenvalue weighted by atomic mass is 9.89. The summed E-state index contributed by atoms with van der Waals surface area (Å²) in [5.41, 5.74) is 5.21. The van der Waals surface area contributed by atoms with Crippen LogP contribution in [0, 0.1) is 12.8 Å². The first kappa shape index (κ1) is 23.4. The molecule has 0 aliphatic carbocycles. The molecule has 1 amide bonds. The zero-order valence-corrected chi connectivity index (χ0v) is 19.8. The summed E-state index contributed by atoms with van der Waals surface area (Å²) >= 11 is 0. The molecule has 0 spiro atoms. The van der Waals surface area contributed by atoms with E-state index in [9.17, 15) is 13.2 Å². The van der Waals surface area contributed by atoms with Crippen molar-refractivity contribution < 1.29 is 17.9 Å². The number of hydrogen-bond acceptors (Lipinski definition) is 5. The number of hydrogen-bond donors (Lipinski definition) is 2. The number of primary sulfonamides is 1. The van der Waals surface area contributed by atoms with Gasteiger partial charge in [0.2, 0.25) is 10.0 Å². The van der Waals surface area contributed by atoms with E-state index in [1.54, 1.807) is 12.1 Å². The van der Waals surface area contributed by atoms with Crippen molar-refractivity contribution in [1.82, 2.24) is 14.9 Å². The topological polar surface area (TPSA) is 116 Å². The van der Waals surface area contributed by atoms with Crippen LogP contribution in [0.2, 0.25) is 0 Å². The molecule has 0 radical (unpaired) electrons. The summed E-state index contributed by atoms with van der Waals surface area (Å²) in [6.45, 7) is 5.75. The molecule has 3 N–H and O–H groups in total. The highest BCUT2D eigenvalue weighted by Crippen LogP contribution is 2.28.